The molecule has 2 aromatic rings. The Labute approximate surface area is 246 Å². The van der Waals surface area contributed by atoms with E-state index < -0.39 is 41.2 Å². The zero-order chi connectivity index (χ0) is 29.7. The number of oxime groups is 1. The molecule has 4 rings (SSSR count). The van der Waals surface area contributed by atoms with E-state index in [4.69, 9.17) is 16.3 Å². The zero-order valence-corrected chi connectivity index (χ0v) is 24.3. The van der Waals surface area contributed by atoms with Crippen molar-refractivity contribution < 1.29 is 38.5 Å². The van der Waals surface area contributed by atoms with Gasteiger partial charge in [-0.05, 0) is 5.57 Å². The van der Waals surface area contributed by atoms with E-state index in [0.29, 0.717) is 17.1 Å². The second kappa shape index (κ2) is 13.2. The molecule has 15 nitrogen and oxygen atoms in total. The minimum absolute atomic E-state index is 0.0840. The Hall–Kier alpha value is -3.87. The first-order valence-electron chi connectivity index (χ1n) is 11.9. The van der Waals surface area contributed by atoms with E-state index in [-0.39, 0.29) is 28.8 Å². The number of aliphatic carboxylic acids is 1. The summed E-state index contributed by atoms with van der Waals surface area (Å²) in [4.78, 5) is 60.4. The minimum Gasteiger partial charge on any atom is -0.477 e. The number of carboxylic acid groups (broad SMARTS) is 1. The molecule has 218 valence electrons. The number of hydrogen-bond donors (Lipinski definition) is 5. The van der Waals surface area contributed by atoms with Crippen molar-refractivity contribution in [2.24, 2.45) is 10.9 Å². The predicted molar refractivity (Wildman–Crippen MR) is 151 cm³/mol. The molecule has 2 aromatic heterocycles. The molecule has 0 aliphatic carbocycles. The number of ether oxygens (including phenoxy) is 1. The smallest absolute Gasteiger partial charge is 0.352 e. The molecule has 0 saturated carbocycles. The lowest BCUT2D eigenvalue weighted by Gasteiger charge is -2.49. The Balaban J connectivity index is 1.39. The van der Waals surface area contributed by atoms with Gasteiger partial charge in [-0.25, -0.2) is 9.78 Å². The number of anilines is 1. The first-order chi connectivity index (χ1) is 19.6. The summed E-state index contributed by atoms with van der Waals surface area (Å²) in [6.07, 6.45) is 3.47. The van der Waals surface area contributed by atoms with Crippen LogP contribution in [0, 0.1) is 0 Å². The van der Waals surface area contributed by atoms with Gasteiger partial charge in [-0.2, -0.15) is 5.43 Å². The van der Waals surface area contributed by atoms with Crippen molar-refractivity contribution in [3.63, 3.8) is 0 Å². The van der Waals surface area contributed by atoms with E-state index in [1.807, 2.05) is 12.1 Å². The fraction of sp³-hybridized carbons (Fsp3) is 0.348. The number of nitrogen functional groups attached to an aromatic ring is 1. The number of β-lactam (4-membered cyclic amide) rings is 1. The number of thiazole rings is 1. The monoisotopic (exact) mass is 623 g/mol. The third-order valence-corrected chi connectivity index (χ3v) is 9.02. The van der Waals surface area contributed by atoms with Crippen molar-refractivity contribution in [1.29, 1.82) is 0 Å². The number of thioether (sulfide) groups is 2. The molecule has 0 unspecified atom stereocenters. The normalized spacial score (nSPS) is 19.1. The van der Waals surface area contributed by atoms with Crippen LogP contribution in [0.15, 0.2) is 51.2 Å². The van der Waals surface area contributed by atoms with Crippen molar-refractivity contribution in [3.05, 3.63) is 46.9 Å². The lowest BCUT2D eigenvalue weighted by Crippen LogP contribution is -2.71. The van der Waals surface area contributed by atoms with Gasteiger partial charge in [0.2, 0.25) is 12.4 Å². The summed E-state index contributed by atoms with van der Waals surface area (Å²) < 4.78 is 6.23. The largest absolute Gasteiger partial charge is 0.477 e. The number of nitrogens with two attached hydrogens (primary N) is 2. The molecule has 3 atom stereocenters. The molecule has 2 aliphatic heterocycles. The van der Waals surface area contributed by atoms with Gasteiger partial charge in [-0.15, -0.1) is 34.9 Å². The molecule has 41 heavy (non-hydrogen) atoms. The molecule has 1 fully saturated rings. The summed E-state index contributed by atoms with van der Waals surface area (Å²) in [6.45, 7) is 0.169. The average molecular weight is 624 g/mol. The van der Waals surface area contributed by atoms with Gasteiger partial charge < -0.3 is 31.5 Å². The van der Waals surface area contributed by atoms with Gasteiger partial charge in [0.15, 0.2) is 10.8 Å². The van der Waals surface area contributed by atoms with Gasteiger partial charge in [0.05, 0.1) is 13.7 Å². The Kier molecular flexibility index (Phi) is 9.69. The Bertz CT molecular complexity index is 1400. The van der Waals surface area contributed by atoms with Gasteiger partial charge in [0, 0.05) is 33.9 Å². The van der Waals surface area contributed by atoms with Gasteiger partial charge in [-0.3, -0.25) is 19.3 Å². The third kappa shape index (κ3) is 6.72. The van der Waals surface area contributed by atoms with Crippen LogP contribution < -0.4 is 26.9 Å². The summed E-state index contributed by atoms with van der Waals surface area (Å²) >= 11 is 3.89. The highest BCUT2D eigenvalue weighted by molar-refractivity contribution is 8.01. The number of carboxylic acids is 1. The van der Waals surface area contributed by atoms with Gasteiger partial charge >= 0.3 is 11.9 Å². The third-order valence-electron chi connectivity index (χ3n) is 5.91. The molecule has 2 aliphatic rings. The SMILES string of the molecule is CON=C(C(=O)N[C@@H]1C(=O)N2C(C(=O)O)=C(CSc3cc[n+](NC[C@H](N)C(=O)OC)cc3)CS[C@H]12)c1csc(N)n1. The lowest BCUT2D eigenvalue weighted by molar-refractivity contribution is -0.650. The van der Waals surface area contributed by atoms with E-state index in [0.717, 1.165) is 16.2 Å². The van der Waals surface area contributed by atoms with Crippen LogP contribution in [-0.2, 0) is 28.8 Å². The van der Waals surface area contributed by atoms with Crippen LogP contribution in [0.25, 0.3) is 0 Å². The standard InChI is InChI=1S/C23H26N8O7S3/c1-37-22(36)13(24)7-26-30-5-3-12(4-6-30)39-8-11-9-40-20-16(19(33)31(20)17(11)21(34)35)28-18(32)15(29-38-2)14-10-41-23(25)27-14/h3-6,10,13,16,20,26H,7-9,24H2,1-2H3,(H3-,25,27,28,32,34,35)/p+1/t13-,16+,20+/m0/s1. The van der Waals surface area contributed by atoms with Gasteiger partial charge in [0.1, 0.15) is 36.0 Å². The molecule has 0 radical (unpaired) electrons. The van der Waals surface area contributed by atoms with Crippen LogP contribution >= 0.6 is 34.9 Å². The number of carbonyl (C=O) groups excluding carboxylic acids is 3. The second-order valence-electron chi connectivity index (χ2n) is 8.53. The molecule has 0 bridgehead atoms. The summed E-state index contributed by atoms with van der Waals surface area (Å²) in [5.41, 5.74) is 14.9. The number of rotatable bonds is 12. The number of carbonyl (C=O) groups is 4. The molecule has 0 aromatic carbocycles. The molecule has 18 heteroatoms. The van der Waals surface area contributed by atoms with Crippen LogP contribution in [-0.4, -0.2) is 94.2 Å². The highest BCUT2D eigenvalue weighted by Gasteiger charge is 2.54. The quantitative estimate of drug-likeness (QED) is 0.0476. The topological polar surface area (TPSA) is 215 Å². The zero-order valence-electron chi connectivity index (χ0n) is 21.8. The molecule has 7 N–H and O–H groups in total. The van der Waals surface area contributed by atoms with Crippen molar-refractivity contribution >= 4 is 69.5 Å². The van der Waals surface area contributed by atoms with Gasteiger partial charge in [0.25, 0.3) is 11.8 Å². The maximum absolute atomic E-state index is 13.0. The number of hydrogen-bond acceptors (Lipinski definition) is 14. The van der Waals surface area contributed by atoms with E-state index >= 15 is 0 Å². The summed E-state index contributed by atoms with van der Waals surface area (Å²) in [5, 5.41) is 17.5. The van der Waals surface area contributed by atoms with E-state index in [1.54, 1.807) is 17.1 Å². The summed E-state index contributed by atoms with van der Waals surface area (Å²) in [7, 11) is 2.54. The Morgan fingerprint density at radius 3 is 2.68 bits per heavy atom. The Morgan fingerprint density at radius 2 is 2.07 bits per heavy atom. The first-order valence-corrected chi connectivity index (χ1v) is 14.8. The van der Waals surface area contributed by atoms with Crippen molar-refractivity contribution in [2.75, 3.05) is 43.4 Å². The van der Waals surface area contributed by atoms with Crippen molar-refractivity contribution in [1.82, 2.24) is 15.2 Å². The number of aromatic nitrogens is 2. The number of pyridine rings is 1. The highest BCUT2D eigenvalue weighted by Crippen LogP contribution is 2.41. The number of amides is 2. The number of fused-ring (bicyclic) bond motifs is 1. The van der Waals surface area contributed by atoms with Crippen LogP contribution in [0.1, 0.15) is 5.69 Å². The fourth-order valence-electron chi connectivity index (χ4n) is 3.92. The van der Waals surface area contributed by atoms with E-state index in [2.05, 4.69) is 25.6 Å². The van der Waals surface area contributed by atoms with Crippen LogP contribution in [0.4, 0.5) is 5.13 Å². The minimum atomic E-state index is -1.22. The predicted octanol–water partition coefficient (Wildman–Crippen LogP) is -1.06. The van der Waals surface area contributed by atoms with Crippen LogP contribution in [0.3, 0.4) is 0 Å². The number of esters is 1. The van der Waals surface area contributed by atoms with Crippen molar-refractivity contribution in [3.8, 4) is 0 Å². The maximum Gasteiger partial charge on any atom is 0.352 e. The average Bonchev–Trinajstić information content (AvgIpc) is 3.41. The maximum atomic E-state index is 13.0. The molecular weight excluding hydrogens is 597 g/mol. The number of nitrogens with one attached hydrogen (secondary N) is 2. The van der Waals surface area contributed by atoms with Gasteiger partial charge in [-0.1, -0.05) is 9.83 Å². The highest BCUT2D eigenvalue weighted by atomic mass is 32.2. The van der Waals surface area contributed by atoms with Crippen LogP contribution in [0.2, 0.25) is 0 Å². The summed E-state index contributed by atoms with van der Waals surface area (Å²) in [6, 6.07) is 1.87. The Morgan fingerprint density at radius 1 is 1.34 bits per heavy atom. The molecular formula is C23H27N8O7S3+. The van der Waals surface area contributed by atoms with Crippen LogP contribution in [0.5, 0.6) is 0 Å². The molecule has 0 spiro atoms. The summed E-state index contributed by atoms with van der Waals surface area (Å²) in [5.74, 6) is -2.29. The first kappa shape index (κ1) is 30.1. The number of nitrogens with zero attached hydrogens (tertiary/aromatic N) is 4. The fourth-order valence-corrected chi connectivity index (χ4v) is 6.84. The molecule has 2 amide bonds. The number of methoxy groups -OCH3 is 1. The molecule has 1 saturated heterocycles. The second-order valence-corrected chi connectivity index (χ2v) is 11.6. The van der Waals surface area contributed by atoms with Crippen molar-refractivity contribution in [2.45, 2.75) is 22.4 Å². The lowest BCUT2D eigenvalue weighted by atomic mass is 10.0. The van der Waals surface area contributed by atoms with E-state index in [1.165, 1.54) is 48.0 Å². The molecule has 4 heterocycles. The van der Waals surface area contributed by atoms with E-state index in [9.17, 15) is 24.3 Å².